The molecule has 0 saturated carbocycles. The fourth-order valence-electron chi connectivity index (χ4n) is 20.0. The Morgan fingerprint density at radius 1 is 0.239 bits per heavy atom. The molecule has 4 heterocycles. The largest absolute Gasteiger partial charge is 0.310 e. The quantitative estimate of drug-likeness (QED) is 0.0813. The van der Waals surface area contributed by atoms with Crippen molar-refractivity contribution in [2.24, 2.45) is 0 Å². The molecule has 5 heteroatoms. The Kier molecular flexibility index (Phi) is 12.4. The van der Waals surface area contributed by atoms with E-state index in [0.29, 0.717) is 0 Å². The zero-order valence-electron chi connectivity index (χ0n) is 60.4. The van der Waals surface area contributed by atoms with E-state index in [1.807, 2.05) is 0 Å². The Morgan fingerprint density at radius 2 is 0.560 bits per heavy atom. The minimum absolute atomic E-state index is 0.256. The molecule has 2 aliphatic heterocycles. The van der Waals surface area contributed by atoms with E-state index in [0.717, 1.165) is 90.0 Å². The highest BCUT2D eigenvalue weighted by Crippen LogP contribution is 2.57. The predicted molar refractivity (Wildman–Crippen MR) is 465 cm³/mol. The lowest BCUT2D eigenvalue weighted by atomic mass is 9.33. The van der Waals surface area contributed by atoms with E-state index in [9.17, 15) is 0 Å². The van der Waals surface area contributed by atoms with Gasteiger partial charge < -0.3 is 18.9 Å². The van der Waals surface area contributed by atoms with Gasteiger partial charge in [-0.1, -0.05) is 306 Å². The molecule has 0 atom stereocenters. The van der Waals surface area contributed by atoms with Crippen molar-refractivity contribution in [2.45, 2.75) is 26.2 Å². The molecular weight excluding hydrogens is 1320 g/mol. The molecule has 24 rings (SSSR count). The van der Waals surface area contributed by atoms with Crippen molar-refractivity contribution in [1.29, 1.82) is 0 Å². The first-order valence-corrected chi connectivity index (χ1v) is 38.3. The molecule has 22 aromatic rings. The summed E-state index contributed by atoms with van der Waals surface area (Å²) in [7, 11) is 0. The monoisotopic (exact) mass is 1380 g/mol. The standard InChI is InChI=1S/C104H67BN4/c1-104(2,3)72-58-91-101-92(59-72)109(103-77(65-29-14-7-15-30-65)39-22-40-78(103)71-36-16-35-70(57-71)62-23-8-4-9-24-62)90-61-74(107-87-55-47-68-33-19-43-81-82-44-20-34-69-48-56-88(107)100(96(69)82)99(87)95(68)81)50-52-84(90)105(101)83-51-49-73(60-89(83)108(91)102-75(63-25-10-5-11-26-63)37-21-38-76(102)64-27-12-6-13-28-64)106-85-53-45-66-31-17-41-79-80-42-18-32-67-46-54-86(106)98(94(67)80)97(85)93(66)79/h4-61H,1-3H3. The van der Waals surface area contributed by atoms with Gasteiger partial charge >= 0.3 is 0 Å². The lowest BCUT2D eigenvalue weighted by Crippen LogP contribution is -2.61. The SMILES string of the molecule is CC(C)(C)c1cc2c3c(c1)N(c1c(-c4ccccc4)cccc1-c1cccc(-c4ccccc4)c1)c1cc(-n4c5ccc6cccc7c8cccc9ccc4c(c98)c5c67)ccc1B3c1ccc(-n3c4ccc5cccc6c7cccc8ccc3c(c87)c4c56)cc1N2c1c(-c2ccccc2)cccc1-c1ccccc1. The lowest BCUT2D eigenvalue weighted by Gasteiger charge is -2.46. The summed E-state index contributed by atoms with van der Waals surface area (Å²) >= 11 is 0. The maximum absolute atomic E-state index is 2.73. The highest BCUT2D eigenvalue weighted by molar-refractivity contribution is 7.00. The van der Waals surface area contributed by atoms with Gasteiger partial charge in [0.1, 0.15) is 0 Å². The van der Waals surface area contributed by atoms with E-state index in [4.69, 9.17) is 0 Å². The normalized spacial score (nSPS) is 13.0. The second kappa shape index (κ2) is 22.4. The van der Waals surface area contributed by atoms with Gasteiger partial charge in [0.25, 0.3) is 6.71 Å². The molecule has 2 aromatic heterocycles. The summed E-state index contributed by atoms with van der Waals surface area (Å²) in [5.41, 5.74) is 29.9. The molecule has 0 N–H and O–H groups in total. The minimum atomic E-state index is -0.341. The molecule has 0 unspecified atom stereocenters. The van der Waals surface area contributed by atoms with Crippen molar-refractivity contribution in [3.8, 4) is 67.0 Å². The van der Waals surface area contributed by atoms with E-state index < -0.39 is 0 Å². The summed E-state index contributed by atoms with van der Waals surface area (Å²) in [5.74, 6) is 0. The summed E-state index contributed by atoms with van der Waals surface area (Å²) < 4.78 is 5.18. The first-order chi connectivity index (χ1) is 53.8. The van der Waals surface area contributed by atoms with Crippen LogP contribution in [-0.4, -0.2) is 15.8 Å². The molecule has 2 aliphatic rings. The van der Waals surface area contributed by atoms with Crippen LogP contribution in [0.3, 0.4) is 0 Å². The number of benzene rings is 20. The van der Waals surface area contributed by atoms with E-state index in [2.05, 4.69) is 392 Å². The summed E-state index contributed by atoms with van der Waals surface area (Å²) in [6, 6.07) is 134. The average Bonchev–Trinajstić information content (AvgIpc) is 1.68. The highest BCUT2D eigenvalue weighted by Gasteiger charge is 2.46. The summed E-state index contributed by atoms with van der Waals surface area (Å²) in [6.07, 6.45) is 0. The van der Waals surface area contributed by atoms with Crippen LogP contribution in [0.25, 0.3) is 175 Å². The molecule has 0 bridgehead atoms. The first kappa shape index (κ1) is 60.5. The molecule has 20 aromatic carbocycles. The number of aromatic nitrogens is 2. The van der Waals surface area contributed by atoms with Crippen LogP contribution in [0, 0.1) is 0 Å². The molecule has 4 nitrogen and oxygen atoms in total. The Balaban J connectivity index is 0.857. The van der Waals surface area contributed by atoms with Crippen LogP contribution >= 0.6 is 0 Å². The number of hydrogen-bond acceptors (Lipinski definition) is 2. The van der Waals surface area contributed by atoms with Crippen LogP contribution in [0.15, 0.2) is 352 Å². The van der Waals surface area contributed by atoms with E-state index >= 15 is 0 Å². The van der Waals surface area contributed by atoms with Gasteiger partial charge in [-0.15, -0.1) is 0 Å². The van der Waals surface area contributed by atoms with Gasteiger partial charge in [-0.25, -0.2) is 0 Å². The second-order valence-corrected chi connectivity index (χ2v) is 31.3. The van der Waals surface area contributed by atoms with Crippen molar-refractivity contribution in [3.63, 3.8) is 0 Å². The van der Waals surface area contributed by atoms with Gasteiger partial charge in [-0.05, 0) is 192 Å². The van der Waals surface area contributed by atoms with Crippen LogP contribution in [0.1, 0.15) is 26.3 Å². The third-order valence-corrected chi connectivity index (χ3v) is 24.6. The minimum Gasteiger partial charge on any atom is -0.310 e. The molecule has 0 aliphatic carbocycles. The van der Waals surface area contributed by atoms with Gasteiger partial charge in [-0.3, -0.25) is 0 Å². The Morgan fingerprint density at radius 3 is 0.927 bits per heavy atom. The average molecular weight is 1380 g/mol. The fraction of sp³-hybridized carbons (Fsp3) is 0.0385. The molecule has 0 spiro atoms. The smallest absolute Gasteiger partial charge is 0.252 e. The maximum atomic E-state index is 2.73. The summed E-state index contributed by atoms with van der Waals surface area (Å²) in [4.78, 5) is 5.46. The van der Waals surface area contributed by atoms with Crippen LogP contribution in [0.4, 0.5) is 34.1 Å². The predicted octanol–water partition coefficient (Wildman–Crippen LogP) is 26.3. The van der Waals surface area contributed by atoms with Gasteiger partial charge in [0, 0.05) is 77.9 Å². The number of fused-ring (bicyclic) bond motifs is 6. The van der Waals surface area contributed by atoms with Crippen LogP contribution in [-0.2, 0) is 5.41 Å². The number of para-hydroxylation sites is 2. The number of rotatable bonds is 9. The molecule has 0 fully saturated rings. The Labute approximate surface area is 630 Å². The van der Waals surface area contributed by atoms with E-state index in [-0.39, 0.29) is 12.1 Å². The van der Waals surface area contributed by atoms with Crippen molar-refractivity contribution >= 4 is 165 Å². The van der Waals surface area contributed by atoms with E-state index in [1.165, 1.54) is 141 Å². The van der Waals surface area contributed by atoms with Crippen molar-refractivity contribution in [2.75, 3.05) is 9.80 Å². The van der Waals surface area contributed by atoms with Gasteiger partial charge in [0.2, 0.25) is 0 Å². The van der Waals surface area contributed by atoms with Crippen LogP contribution in [0.5, 0.6) is 0 Å². The molecule has 0 radical (unpaired) electrons. The van der Waals surface area contributed by atoms with Gasteiger partial charge in [0.15, 0.2) is 0 Å². The van der Waals surface area contributed by atoms with Crippen molar-refractivity contribution < 1.29 is 0 Å². The van der Waals surface area contributed by atoms with Crippen molar-refractivity contribution in [3.05, 3.63) is 357 Å². The zero-order valence-corrected chi connectivity index (χ0v) is 60.4. The third kappa shape index (κ3) is 8.44. The van der Waals surface area contributed by atoms with E-state index in [1.54, 1.807) is 0 Å². The topological polar surface area (TPSA) is 16.3 Å². The Bertz CT molecular complexity index is 7250. The summed E-state index contributed by atoms with van der Waals surface area (Å²) in [5, 5.41) is 20.8. The number of anilines is 6. The zero-order chi connectivity index (χ0) is 71.6. The van der Waals surface area contributed by atoms with Crippen LogP contribution in [0.2, 0.25) is 0 Å². The summed E-state index contributed by atoms with van der Waals surface area (Å²) in [6.45, 7) is 6.96. The molecule has 506 valence electrons. The Hall–Kier alpha value is -13.7. The van der Waals surface area contributed by atoms with Gasteiger partial charge in [-0.2, -0.15) is 0 Å². The highest BCUT2D eigenvalue weighted by atomic mass is 15.2. The molecule has 0 amide bonds. The van der Waals surface area contributed by atoms with Gasteiger partial charge in [0.05, 0.1) is 33.4 Å². The maximum Gasteiger partial charge on any atom is 0.252 e. The molecule has 0 saturated heterocycles. The fourth-order valence-corrected chi connectivity index (χ4v) is 20.0. The van der Waals surface area contributed by atoms with Crippen molar-refractivity contribution in [1.82, 2.24) is 9.13 Å². The third-order valence-electron chi connectivity index (χ3n) is 24.6. The number of nitrogens with zero attached hydrogens (tertiary/aromatic N) is 4. The van der Waals surface area contributed by atoms with Crippen LogP contribution < -0.4 is 26.2 Å². The lowest BCUT2D eigenvalue weighted by molar-refractivity contribution is 0.590. The number of hydrogen-bond donors (Lipinski definition) is 0. The molecule has 109 heavy (non-hydrogen) atoms. The first-order valence-electron chi connectivity index (χ1n) is 38.3. The molecular formula is C104H67BN4. The second-order valence-electron chi connectivity index (χ2n) is 31.3.